The summed E-state index contributed by atoms with van der Waals surface area (Å²) in [5.41, 5.74) is -0.648. The van der Waals surface area contributed by atoms with Crippen LogP contribution in [0.4, 0.5) is 4.79 Å². The SMILES string of the molecule is O=C(NCC1CCN(Cc2cccs2)CC1)NCC1(O)CCC1. The van der Waals surface area contributed by atoms with Crippen molar-refractivity contribution in [3.8, 4) is 0 Å². The molecule has 0 radical (unpaired) electrons. The number of rotatable bonds is 6. The number of aliphatic hydroxyl groups is 1. The smallest absolute Gasteiger partial charge is 0.314 e. The minimum Gasteiger partial charge on any atom is -0.388 e. The second-order valence-electron chi connectivity index (χ2n) is 6.94. The predicted octanol–water partition coefficient (Wildman–Crippen LogP) is 2.17. The third kappa shape index (κ3) is 4.93. The zero-order chi connectivity index (χ0) is 16.1. The number of piperidine rings is 1. The highest BCUT2D eigenvalue weighted by atomic mass is 32.1. The molecule has 3 N–H and O–H groups in total. The number of carbonyl (C=O) groups is 1. The number of carbonyl (C=O) groups excluding carboxylic acids is 1. The van der Waals surface area contributed by atoms with Crippen LogP contribution in [0.2, 0.25) is 0 Å². The van der Waals surface area contributed by atoms with Crippen LogP contribution in [0.15, 0.2) is 17.5 Å². The third-order valence-electron chi connectivity index (χ3n) is 5.08. The Morgan fingerprint density at radius 3 is 2.74 bits per heavy atom. The zero-order valence-corrected chi connectivity index (χ0v) is 14.4. The van der Waals surface area contributed by atoms with Crippen molar-refractivity contribution >= 4 is 17.4 Å². The Labute approximate surface area is 142 Å². The van der Waals surface area contributed by atoms with E-state index in [1.165, 1.54) is 4.88 Å². The molecule has 2 heterocycles. The number of urea groups is 1. The Balaban J connectivity index is 1.29. The van der Waals surface area contributed by atoms with Crippen molar-refractivity contribution in [2.45, 2.75) is 44.2 Å². The first-order valence-corrected chi connectivity index (χ1v) is 9.50. The fourth-order valence-electron chi connectivity index (χ4n) is 3.28. The van der Waals surface area contributed by atoms with Crippen molar-refractivity contribution < 1.29 is 9.90 Å². The van der Waals surface area contributed by atoms with E-state index in [1.807, 2.05) is 11.3 Å². The van der Waals surface area contributed by atoms with Crippen LogP contribution in [0.3, 0.4) is 0 Å². The molecule has 6 heteroatoms. The average Bonchev–Trinajstić information content (AvgIpc) is 3.03. The van der Waals surface area contributed by atoms with Crippen molar-refractivity contribution in [2.24, 2.45) is 5.92 Å². The van der Waals surface area contributed by atoms with Crippen LogP contribution < -0.4 is 10.6 Å². The van der Waals surface area contributed by atoms with Crippen LogP contribution in [-0.4, -0.2) is 47.8 Å². The Kier molecular flexibility index (Phi) is 5.56. The van der Waals surface area contributed by atoms with Gasteiger partial charge in [-0.1, -0.05) is 6.07 Å². The maximum atomic E-state index is 11.8. The molecule has 0 spiro atoms. The number of hydrogen-bond acceptors (Lipinski definition) is 4. The lowest BCUT2D eigenvalue weighted by Gasteiger charge is -2.36. The van der Waals surface area contributed by atoms with Gasteiger partial charge in [0.15, 0.2) is 0 Å². The Morgan fingerprint density at radius 1 is 1.35 bits per heavy atom. The lowest BCUT2D eigenvalue weighted by Crippen LogP contribution is -2.50. The summed E-state index contributed by atoms with van der Waals surface area (Å²) in [4.78, 5) is 15.7. The van der Waals surface area contributed by atoms with Gasteiger partial charge in [-0.25, -0.2) is 4.79 Å². The maximum Gasteiger partial charge on any atom is 0.314 e. The van der Waals surface area contributed by atoms with Crippen LogP contribution in [-0.2, 0) is 6.54 Å². The van der Waals surface area contributed by atoms with Gasteiger partial charge >= 0.3 is 6.03 Å². The van der Waals surface area contributed by atoms with Crippen LogP contribution >= 0.6 is 11.3 Å². The number of likely N-dealkylation sites (tertiary alicyclic amines) is 1. The van der Waals surface area contributed by atoms with Gasteiger partial charge in [0.2, 0.25) is 0 Å². The highest BCUT2D eigenvalue weighted by molar-refractivity contribution is 7.09. The Bertz CT molecular complexity index is 494. The molecule has 1 aromatic heterocycles. The molecule has 0 atom stereocenters. The standard InChI is InChI=1S/C17H27N3O2S/c21-16(19-13-17(22)6-2-7-17)18-11-14-4-8-20(9-5-14)12-15-3-1-10-23-15/h1,3,10,14,22H,2,4-9,11-13H2,(H2,18,19,21). The van der Waals surface area contributed by atoms with Gasteiger partial charge in [-0.3, -0.25) is 4.90 Å². The first-order valence-electron chi connectivity index (χ1n) is 8.62. The number of thiophene rings is 1. The normalized spacial score (nSPS) is 21.6. The fraction of sp³-hybridized carbons (Fsp3) is 0.706. The summed E-state index contributed by atoms with van der Waals surface area (Å²) in [5.74, 6) is 0.562. The fourth-order valence-corrected chi connectivity index (χ4v) is 4.02. The number of hydrogen-bond donors (Lipinski definition) is 3. The molecule has 2 amide bonds. The van der Waals surface area contributed by atoms with E-state index >= 15 is 0 Å². The molecule has 1 aromatic rings. The van der Waals surface area contributed by atoms with E-state index in [4.69, 9.17) is 0 Å². The van der Waals surface area contributed by atoms with Gasteiger partial charge in [-0.15, -0.1) is 11.3 Å². The van der Waals surface area contributed by atoms with Crippen molar-refractivity contribution in [2.75, 3.05) is 26.2 Å². The largest absolute Gasteiger partial charge is 0.388 e. The summed E-state index contributed by atoms with van der Waals surface area (Å²) in [7, 11) is 0. The molecule has 1 aliphatic heterocycles. The summed E-state index contributed by atoms with van der Waals surface area (Å²) in [6.07, 6.45) is 4.93. The number of nitrogens with zero attached hydrogens (tertiary/aromatic N) is 1. The highest BCUT2D eigenvalue weighted by Crippen LogP contribution is 2.30. The van der Waals surface area contributed by atoms with E-state index in [0.717, 1.165) is 58.3 Å². The van der Waals surface area contributed by atoms with E-state index in [0.29, 0.717) is 12.5 Å². The molecular weight excluding hydrogens is 310 g/mol. The van der Waals surface area contributed by atoms with Crippen molar-refractivity contribution in [3.05, 3.63) is 22.4 Å². The topological polar surface area (TPSA) is 64.6 Å². The second kappa shape index (κ2) is 7.64. The molecule has 128 valence electrons. The van der Waals surface area contributed by atoms with E-state index in [2.05, 4.69) is 33.0 Å². The van der Waals surface area contributed by atoms with Gasteiger partial charge in [-0.05, 0) is 62.6 Å². The van der Waals surface area contributed by atoms with Gasteiger partial charge < -0.3 is 15.7 Å². The van der Waals surface area contributed by atoms with Crippen molar-refractivity contribution in [1.29, 1.82) is 0 Å². The maximum absolute atomic E-state index is 11.8. The quantitative estimate of drug-likeness (QED) is 0.745. The van der Waals surface area contributed by atoms with Gasteiger partial charge in [0, 0.05) is 24.5 Å². The van der Waals surface area contributed by atoms with Crippen LogP contribution in [0, 0.1) is 5.92 Å². The van der Waals surface area contributed by atoms with E-state index < -0.39 is 5.60 Å². The van der Waals surface area contributed by atoms with Crippen molar-refractivity contribution in [1.82, 2.24) is 15.5 Å². The monoisotopic (exact) mass is 337 g/mol. The van der Waals surface area contributed by atoms with E-state index in [-0.39, 0.29) is 6.03 Å². The molecule has 0 aromatic carbocycles. The van der Waals surface area contributed by atoms with E-state index in [1.54, 1.807) is 0 Å². The summed E-state index contributed by atoms with van der Waals surface area (Å²) in [6.45, 7) is 4.36. The first kappa shape index (κ1) is 16.7. The molecule has 23 heavy (non-hydrogen) atoms. The lowest BCUT2D eigenvalue weighted by molar-refractivity contribution is -0.0290. The number of amides is 2. The lowest BCUT2D eigenvalue weighted by atomic mass is 9.80. The molecular formula is C17H27N3O2S. The molecule has 3 rings (SSSR count). The predicted molar refractivity (Wildman–Crippen MR) is 92.5 cm³/mol. The Morgan fingerprint density at radius 2 is 2.13 bits per heavy atom. The van der Waals surface area contributed by atoms with Crippen LogP contribution in [0.5, 0.6) is 0 Å². The van der Waals surface area contributed by atoms with Crippen molar-refractivity contribution in [3.63, 3.8) is 0 Å². The van der Waals surface area contributed by atoms with Gasteiger partial charge in [-0.2, -0.15) is 0 Å². The Hall–Kier alpha value is -1.11. The van der Waals surface area contributed by atoms with Crippen LogP contribution in [0.25, 0.3) is 0 Å². The summed E-state index contributed by atoms with van der Waals surface area (Å²) in [6, 6.07) is 4.15. The van der Waals surface area contributed by atoms with E-state index in [9.17, 15) is 9.90 Å². The average molecular weight is 337 g/mol. The van der Waals surface area contributed by atoms with Gasteiger partial charge in [0.05, 0.1) is 5.60 Å². The molecule has 1 saturated carbocycles. The van der Waals surface area contributed by atoms with Gasteiger partial charge in [0.1, 0.15) is 0 Å². The summed E-state index contributed by atoms with van der Waals surface area (Å²) >= 11 is 1.82. The molecule has 1 aliphatic carbocycles. The van der Waals surface area contributed by atoms with Crippen LogP contribution in [0.1, 0.15) is 37.0 Å². The molecule has 2 fully saturated rings. The summed E-state index contributed by atoms with van der Waals surface area (Å²) < 4.78 is 0. The van der Waals surface area contributed by atoms with Gasteiger partial charge in [0.25, 0.3) is 0 Å². The zero-order valence-electron chi connectivity index (χ0n) is 13.6. The molecule has 0 bridgehead atoms. The minimum absolute atomic E-state index is 0.147. The highest BCUT2D eigenvalue weighted by Gasteiger charge is 2.34. The molecule has 5 nitrogen and oxygen atoms in total. The third-order valence-corrected chi connectivity index (χ3v) is 5.94. The number of nitrogens with one attached hydrogen (secondary N) is 2. The minimum atomic E-state index is -0.648. The first-order chi connectivity index (χ1) is 11.1. The summed E-state index contributed by atoms with van der Waals surface area (Å²) in [5, 5.41) is 17.8. The molecule has 1 saturated heterocycles. The second-order valence-corrected chi connectivity index (χ2v) is 7.97. The molecule has 0 unspecified atom stereocenters. The molecule has 2 aliphatic rings.